The molecule has 3 fully saturated rings. The Bertz CT molecular complexity index is 1480. The van der Waals surface area contributed by atoms with Crippen LogP contribution in [-0.4, -0.2) is 120 Å². The fourth-order valence-corrected chi connectivity index (χ4v) is 9.82. The number of Topliss-reactive ketones (excluding diaryl/α,β-unsaturated/α-hetero) is 2. The van der Waals surface area contributed by atoms with Crippen LogP contribution in [0.2, 0.25) is 0 Å². The number of rotatable bonds is 7. The molecule has 2 bridgehead atoms. The molecule has 2 saturated heterocycles. The van der Waals surface area contributed by atoms with E-state index in [0.29, 0.717) is 37.7 Å². The smallest absolute Gasteiger partial charge is 0.329 e. The monoisotopic (exact) mass is 819 g/mol. The van der Waals surface area contributed by atoms with Crippen LogP contribution in [0.5, 0.6) is 0 Å². The van der Waals surface area contributed by atoms with E-state index in [1.165, 1.54) is 19.1 Å². The third-order valence-electron chi connectivity index (χ3n) is 12.9. The second-order valence-corrected chi connectivity index (χ2v) is 17.9. The summed E-state index contributed by atoms with van der Waals surface area (Å²) in [6, 6.07) is -1.12. The van der Waals surface area contributed by atoms with Gasteiger partial charge in [0.2, 0.25) is 5.79 Å². The minimum Gasteiger partial charge on any atom is -0.456 e. The van der Waals surface area contributed by atoms with Crippen LogP contribution in [0.1, 0.15) is 105 Å². The van der Waals surface area contributed by atoms with Gasteiger partial charge in [0.05, 0.1) is 24.4 Å². The molecule has 1 saturated carbocycles. The third kappa shape index (κ3) is 11.5. The van der Waals surface area contributed by atoms with Crippen molar-refractivity contribution in [3.05, 3.63) is 36.0 Å². The lowest BCUT2D eigenvalue weighted by Gasteiger charge is -2.47. The number of nitrogens with zero attached hydrogens (tertiary/aromatic N) is 1. The van der Waals surface area contributed by atoms with Crippen LogP contribution in [0.25, 0.3) is 0 Å². The number of esters is 1. The third-order valence-corrected chi connectivity index (χ3v) is 13.5. The van der Waals surface area contributed by atoms with Gasteiger partial charge in [-0.3, -0.25) is 14.4 Å². The Morgan fingerprint density at radius 3 is 2.30 bits per heavy atom. The first-order chi connectivity index (χ1) is 27.0. The van der Waals surface area contributed by atoms with Crippen molar-refractivity contribution in [2.75, 3.05) is 27.9 Å². The molecule has 0 aromatic heterocycles. The van der Waals surface area contributed by atoms with Crippen LogP contribution in [0.4, 0.5) is 0 Å². The molecule has 57 heavy (non-hydrogen) atoms. The standard InChI is InChI=1S/C44H69NO11S/c1-10-13-31-19-25(2)18-26(3)20-36(53-8)40-37(54-9)22-28(5)44(51,56-40)41(48)42(49)45-17-12-11-14-32(45)43(50)55-39(29(6)33(46)24-34(31)47)27(4)21-30-15-16-38(57)35(23-30)52-7/h10,19,21,26,28-33,35-40,46,51,57H,1,11-18,20,22-24H2,2-9H3/b25-19+,27-21+/t26-,28+,29+,30-,31+,32-,33-,35+,36-,37-,38?,39+,40+,44+/m0/s1. The summed E-state index contributed by atoms with van der Waals surface area (Å²) in [7, 11) is 4.74. The fraction of sp³-hybridized carbons (Fsp3) is 0.773. The molecule has 1 aliphatic carbocycles. The maximum Gasteiger partial charge on any atom is 0.329 e. The highest BCUT2D eigenvalue weighted by Crippen LogP contribution is 2.39. The molecule has 0 aromatic rings. The summed E-state index contributed by atoms with van der Waals surface area (Å²) in [4.78, 5) is 57.9. The number of thiol groups is 1. The van der Waals surface area contributed by atoms with Crippen LogP contribution < -0.4 is 0 Å². The van der Waals surface area contributed by atoms with Gasteiger partial charge in [-0.15, -0.1) is 6.58 Å². The maximum atomic E-state index is 14.3. The first-order valence-electron chi connectivity index (χ1n) is 20.9. The van der Waals surface area contributed by atoms with E-state index in [2.05, 4.69) is 12.7 Å². The van der Waals surface area contributed by atoms with E-state index in [1.807, 2.05) is 26.8 Å². The predicted octanol–water partition coefficient (Wildman–Crippen LogP) is 5.58. The van der Waals surface area contributed by atoms with E-state index in [4.69, 9.17) is 36.3 Å². The summed E-state index contributed by atoms with van der Waals surface area (Å²) in [6.07, 6.45) is 6.80. The summed E-state index contributed by atoms with van der Waals surface area (Å²) >= 11 is 4.70. The molecule has 0 aromatic carbocycles. The molecule has 322 valence electrons. The number of ether oxygens (including phenoxy) is 5. The van der Waals surface area contributed by atoms with E-state index >= 15 is 0 Å². The lowest BCUT2D eigenvalue weighted by molar-refractivity contribution is -0.302. The molecule has 12 nitrogen and oxygen atoms in total. The summed E-state index contributed by atoms with van der Waals surface area (Å²) in [6.45, 7) is 13.3. The predicted molar refractivity (Wildman–Crippen MR) is 219 cm³/mol. The number of allylic oxidation sites excluding steroid dienone is 4. The van der Waals surface area contributed by atoms with E-state index in [0.717, 1.165) is 24.8 Å². The van der Waals surface area contributed by atoms with E-state index in [9.17, 15) is 29.4 Å². The molecule has 2 N–H and O–H groups in total. The second kappa shape index (κ2) is 21.2. The second-order valence-electron chi connectivity index (χ2n) is 17.3. The van der Waals surface area contributed by atoms with Crippen LogP contribution in [-0.2, 0) is 42.9 Å². The van der Waals surface area contributed by atoms with Gasteiger partial charge in [-0.1, -0.05) is 44.6 Å². The number of fused-ring (bicyclic) bond motifs is 3. The van der Waals surface area contributed by atoms with Crippen molar-refractivity contribution in [3.8, 4) is 0 Å². The molecule has 0 radical (unpaired) electrons. The van der Waals surface area contributed by atoms with Crippen LogP contribution >= 0.6 is 12.6 Å². The molecule has 1 unspecified atom stereocenters. The Morgan fingerprint density at radius 1 is 0.982 bits per heavy atom. The number of amides is 1. The summed E-state index contributed by atoms with van der Waals surface area (Å²) in [5.74, 6) is -7.49. The molecule has 14 atom stereocenters. The van der Waals surface area contributed by atoms with Gasteiger partial charge in [-0.25, -0.2) is 4.79 Å². The lowest BCUT2D eigenvalue weighted by atomic mass is 9.82. The largest absolute Gasteiger partial charge is 0.456 e. The number of aliphatic hydroxyl groups excluding tert-OH is 1. The summed E-state index contributed by atoms with van der Waals surface area (Å²) < 4.78 is 30.0. The highest BCUT2D eigenvalue weighted by atomic mass is 32.1. The minimum atomic E-state index is -2.50. The van der Waals surface area contributed by atoms with Gasteiger partial charge >= 0.3 is 5.97 Å². The summed E-state index contributed by atoms with van der Waals surface area (Å²) in [5, 5.41) is 23.9. The quantitative estimate of drug-likeness (QED) is 0.128. The van der Waals surface area contributed by atoms with Gasteiger partial charge < -0.3 is 38.8 Å². The van der Waals surface area contributed by atoms with Crippen molar-refractivity contribution < 1.29 is 53.1 Å². The van der Waals surface area contributed by atoms with Crippen molar-refractivity contribution >= 4 is 36.1 Å². The normalized spacial score (nSPS) is 41.0. The van der Waals surface area contributed by atoms with Crippen LogP contribution in [0.3, 0.4) is 0 Å². The SMILES string of the molecule is C=CC[C@@H]1/C=C(\C)C[C@H](C)C[C@H](OC)[C@H]2O[C@@](O)(C(=O)C(=O)N3CCCC[C@H]3C(=O)O[C@H](/C(C)=C/[C@@H]3CCC(S)[C@H](OC)C3)[C@H](C)[C@@H](O)CC1=O)[C@H](C)C[C@@H]2OC. The Labute approximate surface area is 345 Å². The average molecular weight is 820 g/mol. The van der Waals surface area contributed by atoms with E-state index in [-0.39, 0.29) is 54.8 Å². The number of ketones is 2. The zero-order valence-electron chi connectivity index (χ0n) is 35.4. The van der Waals surface area contributed by atoms with Crippen molar-refractivity contribution in [2.45, 2.75) is 159 Å². The van der Waals surface area contributed by atoms with Crippen LogP contribution in [0, 0.1) is 29.6 Å². The highest BCUT2D eigenvalue weighted by molar-refractivity contribution is 7.81. The number of piperidine rings is 1. The van der Waals surface area contributed by atoms with E-state index < -0.39 is 77.8 Å². The van der Waals surface area contributed by atoms with Gasteiger partial charge in [0, 0.05) is 57.3 Å². The lowest BCUT2D eigenvalue weighted by Crippen LogP contribution is -2.64. The van der Waals surface area contributed by atoms with Crippen LogP contribution in [0.15, 0.2) is 36.0 Å². The van der Waals surface area contributed by atoms with Crippen molar-refractivity contribution in [2.24, 2.45) is 29.6 Å². The maximum absolute atomic E-state index is 14.3. The number of cyclic esters (lactones) is 1. The molecule has 13 heteroatoms. The Morgan fingerprint density at radius 2 is 1.65 bits per heavy atom. The number of hydrogen-bond donors (Lipinski definition) is 3. The zero-order chi connectivity index (χ0) is 42.2. The average Bonchev–Trinajstić information content (AvgIpc) is 3.18. The van der Waals surface area contributed by atoms with Crippen molar-refractivity contribution in [3.63, 3.8) is 0 Å². The zero-order valence-corrected chi connectivity index (χ0v) is 36.3. The number of methoxy groups -OCH3 is 3. The van der Waals surface area contributed by atoms with Crippen molar-refractivity contribution in [1.82, 2.24) is 4.90 Å². The van der Waals surface area contributed by atoms with Gasteiger partial charge in [-0.2, -0.15) is 12.6 Å². The van der Waals surface area contributed by atoms with Gasteiger partial charge in [-0.05, 0) is 95.5 Å². The first kappa shape index (κ1) is 47.3. The number of carbonyl (C=O) groups excluding carboxylic acids is 4. The van der Waals surface area contributed by atoms with Gasteiger partial charge in [0.1, 0.15) is 24.0 Å². The molecule has 3 aliphatic heterocycles. The summed E-state index contributed by atoms with van der Waals surface area (Å²) in [5.41, 5.74) is 1.68. The number of hydrogen-bond acceptors (Lipinski definition) is 12. The molecular weight excluding hydrogens is 751 g/mol. The number of carbonyl (C=O) groups is 4. The van der Waals surface area contributed by atoms with Crippen molar-refractivity contribution in [1.29, 1.82) is 0 Å². The van der Waals surface area contributed by atoms with Gasteiger partial charge in [0.25, 0.3) is 11.7 Å². The highest BCUT2D eigenvalue weighted by Gasteiger charge is 2.56. The molecular formula is C44H69NO11S. The first-order valence-corrected chi connectivity index (χ1v) is 21.4. The van der Waals surface area contributed by atoms with Gasteiger partial charge in [0.15, 0.2) is 0 Å². The molecule has 1 amide bonds. The molecule has 4 rings (SSSR count). The van der Waals surface area contributed by atoms with E-state index in [1.54, 1.807) is 27.0 Å². The molecule has 3 heterocycles. The Balaban J connectivity index is 1.78. The minimum absolute atomic E-state index is 0.0195. The molecule has 0 spiro atoms. The Kier molecular flexibility index (Phi) is 17.6. The number of aliphatic hydroxyl groups is 2. The molecule has 4 aliphatic rings. The topological polar surface area (TPSA) is 158 Å². The Hall–Kier alpha value is -2.39. The fourth-order valence-electron chi connectivity index (χ4n) is 9.42.